The van der Waals surface area contributed by atoms with Crippen LogP contribution in [0.2, 0.25) is 0 Å². The van der Waals surface area contributed by atoms with Crippen LogP contribution < -0.4 is 0 Å². The van der Waals surface area contributed by atoms with E-state index in [1.54, 1.807) is 0 Å². The Morgan fingerprint density at radius 3 is 2.03 bits per heavy atom. The second-order valence-electron chi connectivity index (χ2n) is 11.6. The largest absolute Gasteiger partial charge is 0.444 e. The minimum absolute atomic E-state index is 0.0999. The quantitative estimate of drug-likeness (QED) is 0.649. The van der Waals surface area contributed by atoms with Crippen LogP contribution in [0.25, 0.3) is 0 Å². The molecule has 0 bridgehead atoms. The fourth-order valence-corrected chi connectivity index (χ4v) is 4.38. The van der Waals surface area contributed by atoms with Crippen molar-refractivity contribution in [2.24, 2.45) is 10.8 Å². The summed E-state index contributed by atoms with van der Waals surface area (Å²) in [6, 6.07) is -0.550. The minimum Gasteiger partial charge on any atom is -0.444 e. The van der Waals surface area contributed by atoms with Crippen LogP contribution in [0.5, 0.6) is 0 Å². The van der Waals surface area contributed by atoms with Gasteiger partial charge in [0.15, 0.2) is 0 Å². The van der Waals surface area contributed by atoms with Gasteiger partial charge in [0.1, 0.15) is 11.9 Å². The van der Waals surface area contributed by atoms with E-state index in [1.807, 2.05) is 46.4 Å². The first-order valence-electron chi connectivity index (χ1n) is 10.9. The van der Waals surface area contributed by atoms with E-state index in [1.165, 1.54) is 4.90 Å². The SMILES string of the molecule is CC1(C)CCC(N(C(=O)C(C)(C)C)[C@H]2C[C@@H](C=O)N(C(=O)OC(C)(C)C)C2)CC1. The van der Waals surface area contributed by atoms with E-state index >= 15 is 0 Å². The summed E-state index contributed by atoms with van der Waals surface area (Å²) in [5.74, 6) is 0.0999. The molecule has 2 rings (SSSR count). The van der Waals surface area contributed by atoms with Gasteiger partial charge in [0.2, 0.25) is 5.91 Å². The molecular weight excluding hydrogens is 368 g/mol. The van der Waals surface area contributed by atoms with Crippen molar-refractivity contribution in [3.05, 3.63) is 0 Å². The standard InChI is InChI=1S/C23H40N2O4/c1-21(2,3)19(27)25(16-9-11-23(7,8)12-10-16)17-13-18(15-26)24(14-17)20(28)29-22(4,5)6/h15-18H,9-14H2,1-8H3/t17-,18-/m0/s1. The lowest BCUT2D eigenvalue weighted by Crippen LogP contribution is -2.53. The second-order valence-corrected chi connectivity index (χ2v) is 11.6. The molecule has 1 saturated heterocycles. The molecule has 166 valence electrons. The second kappa shape index (κ2) is 8.27. The first kappa shape index (κ1) is 23.7. The molecule has 0 spiro atoms. The summed E-state index contributed by atoms with van der Waals surface area (Å²) in [6.45, 7) is 16.2. The first-order chi connectivity index (χ1) is 13.1. The molecule has 0 aromatic heterocycles. The predicted molar refractivity (Wildman–Crippen MR) is 114 cm³/mol. The van der Waals surface area contributed by atoms with Crippen LogP contribution in [0.4, 0.5) is 4.79 Å². The van der Waals surface area contributed by atoms with Crippen LogP contribution >= 0.6 is 0 Å². The molecule has 1 aliphatic heterocycles. The maximum atomic E-state index is 13.4. The van der Waals surface area contributed by atoms with Crippen molar-refractivity contribution < 1.29 is 19.1 Å². The van der Waals surface area contributed by atoms with Gasteiger partial charge in [-0.3, -0.25) is 9.69 Å². The summed E-state index contributed by atoms with van der Waals surface area (Å²) in [5.41, 5.74) is -0.835. The summed E-state index contributed by atoms with van der Waals surface area (Å²) in [4.78, 5) is 41.3. The van der Waals surface area contributed by atoms with Crippen LogP contribution in [-0.4, -0.2) is 58.4 Å². The van der Waals surface area contributed by atoms with Crippen molar-refractivity contribution in [2.45, 2.75) is 111 Å². The highest BCUT2D eigenvalue weighted by Crippen LogP contribution is 2.40. The zero-order valence-corrected chi connectivity index (χ0v) is 19.6. The lowest BCUT2D eigenvalue weighted by Gasteiger charge is -2.45. The van der Waals surface area contributed by atoms with E-state index in [9.17, 15) is 14.4 Å². The van der Waals surface area contributed by atoms with Crippen molar-refractivity contribution in [2.75, 3.05) is 6.54 Å². The molecule has 2 atom stereocenters. The van der Waals surface area contributed by atoms with Crippen molar-refractivity contribution in [3.63, 3.8) is 0 Å². The Bertz CT molecular complexity index is 620. The van der Waals surface area contributed by atoms with Gasteiger partial charge < -0.3 is 14.4 Å². The Morgan fingerprint density at radius 2 is 1.59 bits per heavy atom. The Kier molecular flexibility index (Phi) is 6.75. The number of carbonyl (C=O) groups is 3. The molecule has 29 heavy (non-hydrogen) atoms. The average Bonchev–Trinajstić information content (AvgIpc) is 2.98. The molecular formula is C23H40N2O4. The van der Waals surface area contributed by atoms with Crippen molar-refractivity contribution in [3.8, 4) is 0 Å². The molecule has 0 aromatic rings. The van der Waals surface area contributed by atoms with Crippen molar-refractivity contribution in [1.29, 1.82) is 0 Å². The molecule has 0 N–H and O–H groups in total. The number of ether oxygens (including phenoxy) is 1. The average molecular weight is 409 g/mol. The van der Waals surface area contributed by atoms with Gasteiger partial charge in [-0.25, -0.2) is 4.79 Å². The van der Waals surface area contributed by atoms with Gasteiger partial charge in [0.05, 0.1) is 12.1 Å². The highest BCUT2D eigenvalue weighted by Gasteiger charge is 2.46. The lowest BCUT2D eigenvalue weighted by atomic mass is 9.74. The Balaban J connectivity index is 2.25. The van der Waals surface area contributed by atoms with E-state index in [-0.39, 0.29) is 18.0 Å². The number of carbonyl (C=O) groups excluding carboxylic acids is 3. The molecule has 6 nitrogen and oxygen atoms in total. The van der Waals surface area contributed by atoms with Gasteiger partial charge in [-0.15, -0.1) is 0 Å². The van der Waals surface area contributed by atoms with Gasteiger partial charge in [0, 0.05) is 18.0 Å². The Labute approximate surface area is 176 Å². The predicted octanol–water partition coefficient (Wildman–Crippen LogP) is 4.41. The van der Waals surface area contributed by atoms with Crippen LogP contribution in [-0.2, 0) is 14.3 Å². The third kappa shape index (κ3) is 5.95. The number of aldehydes is 1. The highest BCUT2D eigenvalue weighted by atomic mass is 16.6. The third-order valence-electron chi connectivity index (χ3n) is 6.08. The fourth-order valence-electron chi connectivity index (χ4n) is 4.38. The molecule has 2 aliphatic rings. The zero-order chi connectivity index (χ0) is 22.2. The number of likely N-dealkylation sites (tertiary alicyclic amines) is 1. The molecule has 0 unspecified atom stereocenters. The number of amides is 2. The van der Waals surface area contributed by atoms with E-state index in [0.29, 0.717) is 18.4 Å². The summed E-state index contributed by atoms with van der Waals surface area (Å²) < 4.78 is 5.51. The van der Waals surface area contributed by atoms with Crippen molar-refractivity contribution >= 4 is 18.3 Å². The van der Waals surface area contributed by atoms with Gasteiger partial charge in [0.25, 0.3) is 0 Å². The topological polar surface area (TPSA) is 66.9 Å². The molecule has 1 saturated carbocycles. The van der Waals surface area contributed by atoms with Crippen LogP contribution in [0.3, 0.4) is 0 Å². The summed E-state index contributed by atoms with van der Waals surface area (Å²) in [5, 5.41) is 0. The maximum absolute atomic E-state index is 13.4. The molecule has 0 radical (unpaired) electrons. The summed E-state index contributed by atoms with van der Waals surface area (Å²) >= 11 is 0. The van der Waals surface area contributed by atoms with E-state index in [4.69, 9.17) is 4.74 Å². The van der Waals surface area contributed by atoms with E-state index < -0.39 is 23.2 Å². The minimum atomic E-state index is -0.627. The fraction of sp³-hybridized carbons (Fsp3) is 0.870. The molecule has 2 fully saturated rings. The van der Waals surface area contributed by atoms with Gasteiger partial charge in [-0.05, 0) is 58.3 Å². The van der Waals surface area contributed by atoms with Gasteiger partial charge >= 0.3 is 6.09 Å². The smallest absolute Gasteiger partial charge is 0.410 e. The van der Waals surface area contributed by atoms with E-state index in [0.717, 1.165) is 32.0 Å². The van der Waals surface area contributed by atoms with Gasteiger partial charge in [-0.2, -0.15) is 0 Å². The molecule has 1 heterocycles. The first-order valence-corrected chi connectivity index (χ1v) is 10.9. The summed E-state index contributed by atoms with van der Waals surface area (Å²) in [6.07, 6.45) is 4.88. The highest BCUT2D eigenvalue weighted by molar-refractivity contribution is 5.83. The van der Waals surface area contributed by atoms with Crippen LogP contribution in [0.15, 0.2) is 0 Å². The maximum Gasteiger partial charge on any atom is 0.410 e. The van der Waals surface area contributed by atoms with Crippen molar-refractivity contribution in [1.82, 2.24) is 9.80 Å². The Morgan fingerprint density at radius 1 is 1.03 bits per heavy atom. The zero-order valence-electron chi connectivity index (χ0n) is 19.6. The number of nitrogens with zero attached hydrogens (tertiary/aromatic N) is 2. The molecule has 1 aliphatic carbocycles. The number of hydrogen-bond acceptors (Lipinski definition) is 4. The van der Waals surface area contributed by atoms with Gasteiger partial charge in [-0.1, -0.05) is 34.6 Å². The van der Waals surface area contributed by atoms with E-state index in [2.05, 4.69) is 13.8 Å². The van der Waals surface area contributed by atoms with Crippen LogP contribution in [0, 0.1) is 10.8 Å². The number of rotatable bonds is 3. The Hall–Kier alpha value is -1.59. The monoisotopic (exact) mass is 408 g/mol. The van der Waals surface area contributed by atoms with Crippen LogP contribution in [0.1, 0.15) is 87.5 Å². The third-order valence-corrected chi connectivity index (χ3v) is 6.08. The molecule has 6 heteroatoms. The lowest BCUT2D eigenvalue weighted by molar-refractivity contribution is -0.146. The molecule has 0 aromatic carbocycles. The summed E-state index contributed by atoms with van der Waals surface area (Å²) in [7, 11) is 0. The normalized spacial score (nSPS) is 25.6. The molecule has 2 amide bonds. The number of hydrogen-bond donors (Lipinski definition) is 0.